The summed E-state index contributed by atoms with van der Waals surface area (Å²) < 4.78 is 0. The SMILES string of the molecule is N#CCC(=O)NCC1(CO)CCCCC1. The molecule has 4 heteroatoms. The van der Waals surface area contributed by atoms with Crippen LogP contribution in [0.25, 0.3) is 0 Å². The molecule has 1 saturated carbocycles. The van der Waals surface area contributed by atoms with Crippen molar-refractivity contribution in [3.05, 3.63) is 0 Å². The zero-order valence-corrected chi connectivity index (χ0v) is 8.96. The third-order valence-corrected chi connectivity index (χ3v) is 3.15. The number of hydrogen-bond acceptors (Lipinski definition) is 3. The molecule has 1 amide bonds. The minimum atomic E-state index is -0.240. The van der Waals surface area contributed by atoms with E-state index in [0.717, 1.165) is 25.7 Å². The summed E-state index contributed by atoms with van der Waals surface area (Å²) in [5, 5.41) is 20.4. The highest BCUT2D eigenvalue weighted by Gasteiger charge is 2.31. The quantitative estimate of drug-likeness (QED) is 0.725. The molecule has 0 aliphatic heterocycles. The van der Waals surface area contributed by atoms with Crippen molar-refractivity contribution in [3.8, 4) is 6.07 Å². The summed E-state index contributed by atoms with van der Waals surface area (Å²) in [7, 11) is 0. The second kappa shape index (κ2) is 5.72. The van der Waals surface area contributed by atoms with Crippen molar-refractivity contribution in [3.63, 3.8) is 0 Å². The molecule has 0 aromatic carbocycles. The Hall–Kier alpha value is -1.08. The molecule has 0 aromatic heterocycles. The Morgan fingerprint density at radius 3 is 2.60 bits per heavy atom. The highest BCUT2D eigenvalue weighted by Crippen LogP contribution is 2.35. The zero-order valence-electron chi connectivity index (χ0n) is 8.96. The first-order valence-electron chi connectivity index (χ1n) is 5.47. The number of rotatable bonds is 4. The molecule has 4 nitrogen and oxygen atoms in total. The van der Waals surface area contributed by atoms with Crippen LogP contribution in [0.5, 0.6) is 0 Å². The van der Waals surface area contributed by atoms with E-state index >= 15 is 0 Å². The van der Waals surface area contributed by atoms with E-state index in [0.29, 0.717) is 6.54 Å². The Balaban J connectivity index is 2.39. The molecule has 15 heavy (non-hydrogen) atoms. The molecule has 0 saturated heterocycles. The average Bonchev–Trinajstić information content (AvgIpc) is 2.28. The van der Waals surface area contributed by atoms with Crippen LogP contribution in [0.3, 0.4) is 0 Å². The predicted octanol–water partition coefficient (Wildman–Crippen LogP) is 0.959. The van der Waals surface area contributed by atoms with Gasteiger partial charge in [0.15, 0.2) is 0 Å². The smallest absolute Gasteiger partial charge is 0.234 e. The Morgan fingerprint density at radius 1 is 1.40 bits per heavy atom. The van der Waals surface area contributed by atoms with Crippen LogP contribution in [0.4, 0.5) is 0 Å². The minimum Gasteiger partial charge on any atom is -0.396 e. The molecule has 0 bridgehead atoms. The minimum absolute atomic E-state index is 0.0957. The van der Waals surface area contributed by atoms with Gasteiger partial charge in [0.2, 0.25) is 5.91 Å². The molecule has 0 heterocycles. The summed E-state index contributed by atoms with van der Waals surface area (Å²) >= 11 is 0. The molecule has 0 unspecified atom stereocenters. The van der Waals surface area contributed by atoms with Crippen LogP contribution in [0.1, 0.15) is 38.5 Å². The topological polar surface area (TPSA) is 73.1 Å². The van der Waals surface area contributed by atoms with Crippen molar-refractivity contribution < 1.29 is 9.90 Å². The molecule has 2 N–H and O–H groups in total. The molecule has 1 aliphatic carbocycles. The van der Waals surface area contributed by atoms with Crippen LogP contribution in [0, 0.1) is 16.7 Å². The van der Waals surface area contributed by atoms with Crippen molar-refractivity contribution in [2.24, 2.45) is 5.41 Å². The molecule has 0 spiro atoms. The van der Waals surface area contributed by atoms with Gasteiger partial charge in [0.1, 0.15) is 6.42 Å². The fraction of sp³-hybridized carbons (Fsp3) is 0.818. The molecule has 1 aliphatic rings. The van der Waals surface area contributed by atoms with Gasteiger partial charge in [-0.25, -0.2) is 0 Å². The number of nitrogens with one attached hydrogen (secondary N) is 1. The second-order valence-corrected chi connectivity index (χ2v) is 4.33. The number of amides is 1. The first-order valence-corrected chi connectivity index (χ1v) is 5.47. The zero-order chi connectivity index (χ0) is 11.1. The maximum absolute atomic E-state index is 11.1. The highest BCUT2D eigenvalue weighted by atomic mass is 16.3. The summed E-state index contributed by atoms with van der Waals surface area (Å²) in [5.74, 6) is -0.240. The van der Waals surface area contributed by atoms with Gasteiger partial charge in [0.25, 0.3) is 0 Å². The molecule has 0 atom stereocenters. The number of carbonyl (C=O) groups excluding carboxylic acids is 1. The lowest BCUT2D eigenvalue weighted by molar-refractivity contribution is -0.121. The maximum atomic E-state index is 11.1. The fourth-order valence-corrected chi connectivity index (χ4v) is 2.11. The lowest BCUT2D eigenvalue weighted by Gasteiger charge is -2.35. The van der Waals surface area contributed by atoms with E-state index < -0.39 is 0 Å². The van der Waals surface area contributed by atoms with Crippen LogP contribution in [-0.4, -0.2) is 24.2 Å². The number of hydrogen-bond donors (Lipinski definition) is 2. The Morgan fingerprint density at radius 2 is 2.07 bits per heavy atom. The first kappa shape index (κ1) is 12.0. The largest absolute Gasteiger partial charge is 0.396 e. The molecule has 1 fully saturated rings. The maximum Gasteiger partial charge on any atom is 0.234 e. The first-order chi connectivity index (χ1) is 7.22. The summed E-state index contributed by atoms with van der Waals surface area (Å²) in [6.07, 6.45) is 5.30. The van der Waals surface area contributed by atoms with Gasteiger partial charge in [-0.1, -0.05) is 19.3 Å². The number of aliphatic hydroxyl groups is 1. The van der Waals surface area contributed by atoms with Crippen LogP contribution in [-0.2, 0) is 4.79 Å². The normalized spacial score (nSPS) is 19.2. The van der Waals surface area contributed by atoms with Gasteiger partial charge in [0, 0.05) is 12.0 Å². The molecule has 1 rings (SSSR count). The van der Waals surface area contributed by atoms with Gasteiger partial charge >= 0.3 is 0 Å². The fourth-order valence-electron chi connectivity index (χ4n) is 2.11. The highest BCUT2D eigenvalue weighted by molar-refractivity contribution is 5.77. The van der Waals surface area contributed by atoms with Gasteiger partial charge in [-0.15, -0.1) is 0 Å². The number of nitrogens with zero attached hydrogens (tertiary/aromatic N) is 1. The summed E-state index contributed by atoms with van der Waals surface area (Å²) in [4.78, 5) is 11.1. The van der Waals surface area contributed by atoms with Crippen molar-refractivity contribution in [1.82, 2.24) is 5.32 Å². The van der Waals surface area contributed by atoms with E-state index in [9.17, 15) is 9.90 Å². The second-order valence-electron chi connectivity index (χ2n) is 4.33. The third-order valence-electron chi connectivity index (χ3n) is 3.15. The lowest BCUT2D eigenvalue weighted by Crippen LogP contribution is -2.41. The molecular weight excluding hydrogens is 192 g/mol. The van der Waals surface area contributed by atoms with Crippen LogP contribution < -0.4 is 5.32 Å². The van der Waals surface area contributed by atoms with Crippen LogP contribution in [0.2, 0.25) is 0 Å². The van der Waals surface area contributed by atoms with E-state index in [4.69, 9.17) is 5.26 Å². The third kappa shape index (κ3) is 3.52. The molecule has 0 aromatic rings. The lowest BCUT2D eigenvalue weighted by atomic mass is 9.74. The average molecular weight is 210 g/mol. The van der Waals surface area contributed by atoms with E-state index in [1.54, 1.807) is 0 Å². The number of nitriles is 1. The summed E-state index contributed by atoms with van der Waals surface area (Å²) in [6, 6.07) is 1.81. The number of aliphatic hydroxyl groups excluding tert-OH is 1. The number of carbonyl (C=O) groups is 1. The monoisotopic (exact) mass is 210 g/mol. The van der Waals surface area contributed by atoms with Gasteiger partial charge in [-0.2, -0.15) is 5.26 Å². The van der Waals surface area contributed by atoms with E-state index in [2.05, 4.69) is 5.32 Å². The molecule has 84 valence electrons. The predicted molar refractivity (Wildman–Crippen MR) is 55.8 cm³/mol. The van der Waals surface area contributed by atoms with Gasteiger partial charge < -0.3 is 10.4 Å². The molecular formula is C11H18N2O2. The Labute approximate surface area is 90.3 Å². The van der Waals surface area contributed by atoms with Crippen molar-refractivity contribution in [2.75, 3.05) is 13.2 Å². The van der Waals surface area contributed by atoms with Gasteiger partial charge in [-0.05, 0) is 12.8 Å². The van der Waals surface area contributed by atoms with Crippen molar-refractivity contribution in [1.29, 1.82) is 5.26 Å². The van der Waals surface area contributed by atoms with E-state index in [1.165, 1.54) is 6.42 Å². The van der Waals surface area contributed by atoms with Crippen LogP contribution >= 0.6 is 0 Å². The van der Waals surface area contributed by atoms with Gasteiger partial charge in [-0.3, -0.25) is 4.79 Å². The van der Waals surface area contributed by atoms with Crippen molar-refractivity contribution >= 4 is 5.91 Å². The standard InChI is InChI=1S/C11H18N2O2/c12-7-4-10(15)13-8-11(9-14)5-2-1-3-6-11/h14H,1-6,8-9H2,(H,13,15). The Kier molecular flexibility index (Phi) is 4.57. The van der Waals surface area contributed by atoms with E-state index in [-0.39, 0.29) is 24.3 Å². The van der Waals surface area contributed by atoms with Gasteiger partial charge in [0.05, 0.1) is 12.7 Å². The summed E-state index contributed by atoms with van der Waals surface area (Å²) in [5.41, 5.74) is -0.136. The van der Waals surface area contributed by atoms with E-state index in [1.807, 2.05) is 6.07 Å². The Bertz CT molecular complexity index is 252. The molecule has 0 radical (unpaired) electrons. The summed E-state index contributed by atoms with van der Waals surface area (Å²) in [6.45, 7) is 0.629. The van der Waals surface area contributed by atoms with Crippen LogP contribution in [0.15, 0.2) is 0 Å². The van der Waals surface area contributed by atoms with Crippen molar-refractivity contribution in [2.45, 2.75) is 38.5 Å².